The van der Waals surface area contributed by atoms with Crippen LogP contribution in [0, 0.1) is 41.0 Å². The molecule has 4 N–H and O–H groups in total. The molecule has 4 bridgehead atoms. The van der Waals surface area contributed by atoms with Crippen LogP contribution in [0.25, 0.3) is 0 Å². The second kappa shape index (κ2) is 11.4. The Bertz CT molecular complexity index is 1180. The lowest BCUT2D eigenvalue weighted by molar-refractivity contribution is -0.144. The summed E-state index contributed by atoms with van der Waals surface area (Å²) in [5.41, 5.74) is -0.447. The van der Waals surface area contributed by atoms with Gasteiger partial charge in [0.15, 0.2) is 23.2 Å². The van der Waals surface area contributed by atoms with Crippen molar-refractivity contribution in [2.45, 2.75) is 69.5 Å². The SMILES string of the molecule is C[C@H](NC(=O)C(=O)NC12CC3CC(CC(C3)C1)C2)C(=O)N[C@@H](CC(=O)O)C(=O)COc1c(F)c(F)cc(F)c1F. The summed E-state index contributed by atoms with van der Waals surface area (Å²) in [6.07, 6.45) is 4.79. The maximum absolute atomic E-state index is 13.8. The summed E-state index contributed by atoms with van der Waals surface area (Å²) in [5, 5.41) is 16.3. The van der Waals surface area contributed by atoms with Crippen LogP contribution in [-0.4, -0.2) is 58.8 Å². The van der Waals surface area contributed by atoms with Crippen LogP contribution in [0.1, 0.15) is 51.9 Å². The Balaban J connectivity index is 1.33. The Morgan fingerprint density at radius 1 is 0.925 bits per heavy atom. The Morgan fingerprint density at radius 3 is 1.95 bits per heavy atom. The number of carboxylic acids is 1. The van der Waals surface area contributed by atoms with Gasteiger partial charge in [-0.15, -0.1) is 0 Å². The van der Waals surface area contributed by atoms with Crippen LogP contribution in [0.15, 0.2) is 6.07 Å². The molecule has 1 aromatic carbocycles. The highest BCUT2D eigenvalue weighted by Crippen LogP contribution is 2.55. The molecule has 0 saturated heterocycles. The van der Waals surface area contributed by atoms with Crippen LogP contribution in [0.3, 0.4) is 0 Å². The van der Waals surface area contributed by atoms with Gasteiger partial charge in [-0.1, -0.05) is 0 Å². The van der Waals surface area contributed by atoms with E-state index >= 15 is 0 Å². The van der Waals surface area contributed by atoms with Gasteiger partial charge in [-0.25, -0.2) is 8.78 Å². The molecule has 1 aromatic rings. The molecular weight excluding hydrogens is 542 g/mol. The van der Waals surface area contributed by atoms with E-state index in [0.717, 1.165) is 38.5 Å². The zero-order valence-electron chi connectivity index (χ0n) is 21.5. The first kappa shape index (κ1) is 29.3. The summed E-state index contributed by atoms with van der Waals surface area (Å²) in [5.74, 6) is -13.1. The molecule has 0 aromatic heterocycles. The third-order valence-electron chi connectivity index (χ3n) is 7.88. The molecule has 10 nitrogen and oxygen atoms in total. The monoisotopic (exact) mass is 571 g/mol. The Hall–Kier alpha value is -3.71. The third-order valence-corrected chi connectivity index (χ3v) is 7.88. The highest BCUT2D eigenvalue weighted by Gasteiger charge is 2.52. The molecule has 5 rings (SSSR count). The van der Waals surface area contributed by atoms with E-state index in [9.17, 15) is 41.5 Å². The minimum Gasteiger partial charge on any atom is -0.481 e. The van der Waals surface area contributed by atoms with Crippen LogP contribution in [0.5, 0.6) is 5.75 Å². The molecule has 14 heteroatoms. The summed E-state index contributed by atoms with van der Waals surface area (Å²) >= 11 is 0. The molecule has 0 heterocycles. The first-order chi connectivity index (χ1) is 18.8. The predicted molar refractivity (Wildman–Crippen MR) is 128 cm³/mol. The molecule has 4 aliphatic carbocycles. The van der Waals surface area contributed by atoms with Crippen molar-refractivity contribution in [3.8, 4) is 5.75 Å². The topological polar surface area (TPSA) is 151 Å². The van der Waals surface area contributed by atoms with Crippen molar-refractivity contribution >= 4 is 29.5 Å². The summed E-state index contributed by atoms with van der Waals surface area (Å²) in [7, 11) is 0. The number of benzene rings is 1. The van der Waals surface area contributed by atoms with Gasteiger partial charge in [0.1, 0.15) is 18.7 Å². The fourth-order valence-electron chi connectivity index (χ4n) is 6.53. The van der Waals surface area contributed by atoms with Gasteiger partial charge >= 0.3 is 17.8 Å². The van der Waals surface area contributed by atoms with Crippen molar-refractivity contribution in [2.75, 3.05) is 6.61 Å². The summed E-state index contributed by atoms with van der Waals surface area (Å²) in [6.45, 7) is -0.0481. The molecule has 2 atom stereocenters. The average Bonchev–Trinajstić information content (AvgIpc) is 2.85. The normalized spacial score (nSPS) is 26.0. The van der Waals surface area contributed by atoms with Crippen molar-refractivity contribution in [3.05, 3.63) is 29.3 Å². The van der Waals surface area contributed by atoms with E-state index in [2.05, 4.69) is 20.7 Å². The zero-order chi connectivity index (χ0) is 29.4. The first-order valence-corrected chi connectivity index (χ1v) is 12.9. The van der Waals surface area contributed by atoms with E-state index < -0.39 is 89.1 Å². The number of amides is 3. The van der Waals surface area contributed by atoms with Crippen LogP contribution in [-0.2, 0) is 24.0 Å². The van der Waals surface area contributed by atoms with Crippen LogP contribution in [0.4, 0.5) is 17.6 Å². The smallest absolute Gasteiger partial charge is 0.309 e. The number of halogens is 4. The van der Waals surface area contributed by atoms with Gasteiger partial charge in [0.2, 0.25) is 17.5 Å². The summed E-state index contributed by atoms with van der Waals surface area (Å²) < 4.78 is 58.9. The Kier molecular flexibility index (Phi) is 8.36. The zero-order valence-corrected chi connectivity index (χ0v) is 21.5. The van der Waals surface area contributed by atoms with E-state index in [1.165, 1.54) is 6.92 Å². The highest BCUT2D eigenvalue weighted by molar-refractivity contribution is 6.35. The second-order valence-corrected chi connectivity index (χ2v) is 11.1. The third kappa shape index (κ3) is 6.36. The van der Waals surface area contributed by atoms with Gasteiger partial charge in [-0.2, -0.15) is 8.78 Å². The van der Waals surface area contributed by atoms with E-state index in [1.54, 1.807) is 0 Å². The van der Waals surface area contributed by atoms with E-state index in [1.807, 2.05) is 0 Å². The molecule has 0 aliphatic heterocycles. The molecule has 4 aliphatic rings. The number of ketones is 1. The van der Waals surface area contributed by atoms with Gasteiger partial charge in [-0.05, 0) is 63.2 Å². The number of carbonyl (C=O) groups excluding carboxylic acids is 4. The van der Waals surface area contributed by atoms with Gasteiger partial charge in [-0.3, -0.25) is 24.0 Å². The maximum atomic E-state index is 13.8. The lowest BCUT2D eigenvalue weighted by Gasteiger charge is -2.56. The molecule has 3 amide bonds. The lowest BCUT2D eigenvalue weighted by atomic mass is 9.53. The minimum atomic E-state index is -1.91. The number of carbonyl (C=O) groups is 5. The molecule has 0 unspecified atom stereocenters. The largest absolute Gasteiger partial charge is 0.481 e. The van der Waals surface area contributed by atoms with Gasteiger partial charge < -0.3 is 25.8 Å². The molecule has 0 spiro atoms. The van der Waals surface area contributed by atoms with E-state index in [0.29, 0.717) is 17.8 Å². The first-order valence-electron chi connectivity index (χ1n) is 12.9. The molecule has 40 heavy (non-hydrogen) atoms. The molecule has 218 valence electrons. The van der Waals surface area contributed by atoms with Crippen molar-refractivity contribution in [2.24, 2.45) is 17.8 Å². The number of nitrogens with one attached hydrogen (secondary N) is 3. The number of hydrogen-bond acceptors (Lipinski definition) is 6. The Morgan fingerprint density at radius 2 is 1.45 bits per heavy atom. The molecule has 4 fully saturated rings. The number of aliphatic carboxylic acids is 1. The number of rotatable bonds is 10. The molecular formula is C26H29F4N3O7. The predicted octanol–water partition coefficient (Wildman–Crippen LogP) is 1.74. The minimum absolute atomic E-state index is 0.0636. The van der Waals surface area contributed by atoms with Crippen LogP contribution < -0.4 is 20.7 Å². The second-order valence-electron chi connectivity index (χ2n) is 11.1. The van der Waals surface area contributed by atoms with E-state index in [4.69, 9.17) is 5.11 Å². The number of hydrogen-bond donors (Lipinski definition) is 4. The van der Waals surface area contributed by atoms with Crippen molar-refractivity contribution < 1.29 is 51.4 Å². The van der Waals surface area contributed by atoms with Crippen molar-refractivity contribution in [3.63, 3.8) is 0 Å². The number of Topliss-reactive ketones (excluding diaryl/α,β-unsaturated/α-hetero) is 1. The fraction of sp³-hybridized carbons (Fsp3) is 0.577. The molecule has 0 radical (unpaired) electrons. The highest BCUT2D eigenvalue weighted by atomic mass is 19.2. The van der Waals surface area contributed by atoms with Gasteiger partial charge in [0.05, 0.1) is 6.42 Å². The summed E-state index contributed by atoms with van der Waals surface area (Å²) in [4.78, 5) is 61.5. The average molecular weight is 572 g/mol. The fourth-order valence-corrected chi connectivity index (χ4v) is 6.53. The maximum Gasteiger partial charge on any atom is 0.309 e. The standard InChI is InChI=1S/C26H29F4N3O7/c1-11(31-24(38)25(39)33-26-7-12-2-13(8-26)4-14(3-12)9-26)23(37)32-17(6-19(35)36)18(34)10-40-22-20(29)15(27)5-16(28)21(22)30/h5,11-14,17H,2-4,6-10H2,1H3,(H,31,38)(H,32,37)(H,33,39)(H,35,36)/t11-,12?,13?,14?,17-,26?/m0/s1. The number of carboxylic acid groups (broad SMARTS) is 1. The quantitative estimate of drug-likeness (QED) is 0.190. The summed E-state index contributed by atoms with van der Waals surface area (Å²) in [6, 6.07) is -3.24. The van der Waals surface area contributed by atoms with Gasteiger partial charge in [0.25, 0.3) is 0 Å². The Labute approximate surface area is 226 Å². The van der Waals surface area contributed by atoms with Gasteiger partial charge in [0, 0.05) is 11.6 Å². The van der Waals surface area contributed by atoms with Crippen molar-refractivity contribution in [1.29, 1.82) is 0 Å². The van der Waals surface area contributed by atoms with Crippen LogP contribution >= 0.6 is 0 Å². The number of ether oxygens (including phenoxy) is 1. The lowest BCUT2D eigenvalue weighted by Crippen LogP contribution is -2.62. The molecule has 4 saturated carbocycles. The van der Waals surface area contributed by atoms with Crippen molar-refractivity contribution in [1.82, 2.24) is 16.0 Å². The van der Waals surface area contributed by atoms with E-state index in [-0.39, 0.29) is 6.07 Å². The van der Waals surface area contributed by atoms with Crippen LogP contribution in [0.2, 0.25) is 0 Å².